The molecule has 0 aromatic heterocycles. The topological polar surface area (TPSA) is 105 Å². The van der Waals surface area contributed by atoms with Crippen LogP contribution in [0, 0.1) is 0 Å². The van der Waals surface area contributed by atoms with E-state index in [1.54, 1.807) is 20.8 Å². The Morgan fingerprint density at radius 2 is 1.90 bits per heavy atom. The molecule has 1 atom stereocenters. The Balaban J connectivity index is 4.14. The van der Waals surface area contributed by atoms with Crippen LogP contribution in [0.15, 0.2) is 0 Å². The fourth-order valence-electron chi connectivity index (χ4n) is 1.21. The molecule has 0 aromatic rings. The summed E-state index contributed by atoms with van der Waals surface area (Å²) >= 11 is 1.49. The Morgan fingerprint density at radius 3 is 2.35 bits per heavy atom. The summed E-state index contributed by atoms with van der Waals surface area (Å²) < 4.78 is 4.96. The third kappa shape index (κ3) is 9.48. The van der Waals surface area contributed by atoms with Gasteiger partial charge in [0.05, 0.1) is 0 Å². The van der Waals surface area contributed by atoms with Gasteiger partial charge in [-0.25, -0.2) is 9.59 Å². The summed E-state index contributed by atoms with van der Waals surface area (Å²) in [4.78, 5) is 33.8. The first kappa shape index (κ1) is 18.6. The fourth-order valence-corrected chi connectivity index (χ4v) is 1.68. The Bertz CT molecular complexity index is 354. The number of carbonyl (C=O) groups is 3. The van der Waals surface area contributed by atoms with Gasteiger partial charge in [0.1, 0.15) is 18.2 Å². The molecule has 2 amide bonds. The Labute approximate surface area is 122 Å². The minimum atomic E-state index is -1.09. The largest absolute Gasteiger partial charge is 0.480 e. The highest BCUT2D eigenvalue weighted by molar-refractivity contribution is 7.98. The molecule has 0 fully saturated rings. The van der Waals surface area contributed by atoms with Crippen LogP contribution in [0.5, 0.6) is 0 Å². The number of amides is 2. The number of ether oxygens (including phenoxy) is 1. The fraction of sp³-hybridized carbons (Fsp3) is 0.750. The second-order valence-corrected chi connectivity index (χ2v) is 6.08. The van der Waals surface area contributed by atoms with E-state index in [-0.39, 0.29) is 6.54 Å². The van der Waals surface area contributed by atoms with E-state index in [4.69, 9.17) is 9.84 Å². The first-order valence-corrected chi connectivity index (χ1v) is 7.53. The maximum Gasteiger partial charge on any atom is 0.408 e. The van der Waals surface area contributed by atoms with Crippen molar-refractivity contribution in [3.8, 4) is 0 Å². The van der Waals surface area contributed by atoms with Crippen molar-refractivity contribution in [2.24, 2.45) is 0 Å². The minimum Gasteiger partial charge on any atom is -0.480 e. The van der Waals surface area contributed by atoms with Crippen LogP contribution in [0.25, 0.3) is 0 Å². The molecule has 0 aliphatic carbocycles. The molecule has 0 rings (SSSR count). The van der Waals surface area contributed by atoms with Gasteiger partial charge >= 0.3 is 12.1 Å². The van der Waals surface area contributed by atoms with Gasteiger partial charge in [-0.3, -0.25) is 4.79 Å². The second-order valence-electron chi connectivity index (χ2n) is 5.10. The average Bonchev–Trinajstić information content (AvgIpc) is 2.29. The number of hydrogen-bond acceptors (Lipinski definition) is 5. The number of thioether (sulfide) groups is 1. The van der Waals surface area contributed by atoms with Crippen LogP contribution in [0.1, 0.15) is 27.2 Å². The molecule has 1 unspecified atom stereocenters. The molecule has 0 aromatic carbocycles. The Morgan fingerprint density at radius 1 is 1.30 bits per heavy atom. The Kier molecular flexibility index (Phi) is 8.05. The highest BCUT2D eigenvalue weighted by Crippen LogP contribution is 2.06. The standard InChI is InChI=1S/C12H22N2O5S/c1-12(2,3)19-11(18)13-7-9(15)14-8(10(16)17)5-6-20-4/h8H,5-7H2,1-4H3,(H,13,18)(H,14,15)(H,16,17). The van der Waals surface area contributed by atoms with Crippen LogP contribution in [-0.4, -0.2) is 53.3 Å². The van der Waals surface area contributed by atoms with Gasteiger partial charge in [-0.05, 0) is 39.2 Å². The maximum atomic E-state index is 11.5. The van der Waals surface area contributed by atoms with E-state index in [0.29, 0.717) is 12.2 Å². The van der Waals surface area contributed by atoms with Crippen LogP contribution in [0.3, 0.4) is 0 Å². The van der Waals surface area contributed by atoms with Crippen LogP contribution in [-0.2, 0) is 14.3 Å². The van der Waals surface area contributed by atoms with E-state index in [1.165, 1.54) is 11.8 Å². The number of nitrogens with one attached hydrogen (secondary N) is 2. The van der Waals surface area contributed by atoms with Crippen molar-refractivity contribution in [2.75, 3.05) is 18.6 Å². The zero-order chi connectivity index (χ0) is 15.8. The summed E-state index contributed by atoms with van der Waals surface area (Å²) in [6.45, 7) is 4.79. The average molecular weight is 306 g/mol. The molecule has 8 heteroatoms. The molecule has 0 aliphatic rings. The first-order valence-electron chi connectivity index (χ1n) is 6.13. The zero-order valence-electron chi connectivity index (χ0n) is 12.2. The third-order valence-corrected chi connectivity index (χ3v) is 2.68. The second kappa shape index (κ2) is 8.68. The summed E-state index contributed by atoms with van der Waals surface area (Å²) in [5.41, 5.74) is -0.650. The van der Waals surface area contributed by atoms with E-state index < -0.39 is 29.6 Å². The summed E-state index contributed by atoms with van der Waals surface area (Å²) in [6, 6.07) is -0.949. The molecule has 0 saturated carbocycles. The predicted octanol–water partition coefficient (Wildman–Crippen LogP) is 0.834. The molecular weight excluding hydrogens is 284 g/mol. The highest BCUT2D eigenvalue weighted by Gasteiger charge is 2.20. The van der Waals surface area contributed by atoms with Crippen molar-refractivity contribution in [1.82, 2.24) is 10.6 Å². The van der Waals surface area contributed by atoms with Gasteiger partial charge in [0.2, 0.25) is 5.91 Å². The highest BCUT2D eigenvalue weighted by atomic mass is 32.2. The first-order chi connectivity index (χ1) is 9.15. The van der Waals surface area contributed by atoms with E-state index in [2.05, 4.69) is 10.6 Å². The van der Waals surface area contributed by atoms with Crippen molar-refractivity contribution < 1.29 is 24.2 Å². The monoisotopic (exact) mass is 306 g/mol. The molecule has 7 nitrogen and oxygen atoms in total. The van der Waals surface area contributed by atoms with Gasteiger partial charge in [-0.2, -0.15) is 11.8 Å². The summed E-state index contributed by atoms with van der Waals surface area (Å²) in [7, 11) is 0. The van der Waals surface area contributed by atoms with E-state index in [0.717, 1.165) is 0 Å². The van der Waals surface area contributed by atoms with E-state index >= 15 is 0 Å². The van der Waals surface area contributed by atoms with Crippen molar-refractivity contribution in [1.29, 1.82) is 0 Å². The molecule has 3 N–H and O–H groups in total. The van der Waals surface area contributed by atoms with Gasteiger partial charge < -0.3 is 20.5 Å². The minimum absolute atomic E-state index is 0.321. The molecule has 0 radical (unpaired) electrons. The maximum absolute atomic E-state index is 11.5. The van der Waals surface area contributed by atoms with Gasteiger partial charge in [0.15, 0.2) is 0 Å². The van der Waals surface area contributed by atoms with Gasteiger partial charge in [0.25, 0.3) is 0 Å². The molecule has 20 heavy (non-hydrogen) atoms. The lowest BCUT2D eigenvalue weighted by Crippen LogP contribution is -2.46. The third-order valence-electron chi connectivity index (χ3n) is 2.04. The van der Waals surface area contributed by atoms with Crippen LogP contribution in [0.4, 0.5) is 4.79 Å². The number of carboxylic acid groups (broad SMARTS) is 1. The SMILES string of the molecule is CSCCC(NC(=O)CNC(=O)OC(C)(C)C)C(=O)O. The zero-order valence-corrected chi connectivity index (χ0v) is 13.0. The van der Waals surface area contributed by atoms with Gasteiger partial charge in [-0.1, -0.05) is 0 Å². The number of carbonyl (C=O) groups excluding carboxylic acids is 2. The Hall–Kier alpha value is -1.44. The summed E-state index contributed by atoms with van der Waals surface area (Å²) in [5.74, 6) is -1.04. The molecule has 0 saturated heterocycles. The quantitative estimate of drug-likeness (QED) is 0.643. The number of alkyl carbamates (subject to hydrolysis) is 1. The number of rotatable bonds is 7. The molecule has 0 bridgehead atoms. The number of aliphatic carboxylic acids is 1. The van der Waals surface area contributed by atoms with Crippen LogP contribution >= 0.6 is 11.8 Å². The molecular formula is C12H22N2O5S. The van der Waals surface area contributed by atoms with Crippen molar-refractivity contribution in [3.05, 3.63) is 0 Å². The molecule has 116 valence electrons. The van der Waals surface area contributed by atoms with Crippen molar-refractivity contribution in [2.45, 2.75) is 38.8 Å². The lowest BCUT2D eigenvalue weighted by molar-refractivity contribution is -0.141. The van der Waals surface area contributed by atoms with Crippen LogP contribution in [0.2, 0.25) is 0 Å². The summed E-state index contributed by atoms with van der Waals surface area (Å²) in [5, 5.41) is 13.6. The lowest BCUT2D eigenvalue weighted by atomic mass is 10.2. The van der Waals surface area contributed by atoms with Gasteiger partial charge in [0, 0.05) is 0 Å². The van der Waals surface area contributed by atoms with Crippen molar-refractivity contribution >= 4 is 29.7 Å². The predicted molar refractivity (Wildman–Crippen MR) is 76.8 cm³/mol. The van der Waals surface area contributed by atoms with E-state index in [9.17, 15) is 14.4 Å². The van der Waals surface area contributed by atoms with Crippen molar-refractivity contribution in [3.63, 3.8) is 0 Å². The van der Waals surface area contributed by atoms with Crippen LogP contribution < -0.4 is 10.6 Å². The number of carboxylic acids is 1. The normalized spacial score (nSPS) is 12.4. The summed E-state index contributed by atoms with van der Waals surface area (Å²) in [6.07, 6.45) is 1.46. The van der Waals surface area contributed by atoms with E-state index in [1.807, 2.05) is 6.26 Å². The lowest BCUT2D eigenvalue weighted by Gasteiger charge is -2.20. The molecule has 0 spiro atoms. The van der Waals surface area contributed by atoms with Gasteiger partial charge in [-0.15, -0.1) is 0 Å². The molecule has 0 heterocycles. The smallest absolute Gasteiger partial charge is 0.408 e. The molecule has 0 aliphatic heterocycles. The number of hydrogen-bond donors (Lipinski definition) is 3.